The van der Waals surface area contributed by atoms with Crippen molar-refractivity contribution in [3.05, 3.63) is 29.3 Å². The first-order valence-corrected chi connectivity index (χ1v) is 9.64. The molecule has 2 aliphatic rings. The first-order valence-electron chi connectivity index (χ1n) is 9.64. The minimum absolute atomic E-state index is 0.0174. The Morgan fingerprint density at radius 1 is 1.24 bits per heavy atom. The van der Waals surface area contributed by atoms with Gasteiger partial charge < -0.3 is 14.4 Å². The number of hydrogen-bond acceptors (Lipinski definition) is 3. The zero-order valence-corrected chi connectivity index (χ0v) is 15.8. The smallest absolute Gasteiger partial charge is 0.265 e. The number of likely N-dealkylation sites (N-methyl/N-ethyl adjacent to an activating group) is 1. The molecule has 1 atom stereocenters. The average Bonchev–Trinajstić information content (AvgIpc) is 3.07. The summed E-state index contributed by atoms with van der Waals surface area (Å²) in [6.45, 7) is 5.28. The minimum atomic E-state index is -0.866. The molecule has 0 saturated carbocycles. The van der Waals surface area contributed by atoms with Crippen LogP contribution in [0.5, 0.6) is 5.75 Å². The van der Waals surface area contributed by atoms with Gasteiger partial charge in [0.2, 0.25) is 0 Å². The van der Waals surface area contributed by atoms with Crippen LogP contribution in [0.4, 0.5) is 0 Å². The third-order valence-electron chi connectivity index (χ3n) is 5.37. The van der Waals surface area contributed by atoms with Crippen LogP contribution < -0.4 is 4.74 Å². The lowest BCUT2D eigenvalue weighted by Crippen LogP contribution is -2.48. The standard InChI is InChI=1S/C21H31NO3/c1-21(2,25-19-11-10-16-7-6-8-17(16)15-19)20(23)22(3)13-12-18-9-4-5-14-24-18/h10-11,15,18H,4-9,12-14H2,1-3H3. The molecule has 1 aliphatic heterocycles. The van der Waals surface area contributed by atoms with Crippen LogP contribution in [-0.2, 0) is 22.4 Å². The summed E-state index contributed by atoms with van der Waals surface area (Å²) in [6, 6.07) is 6.24. The van der Waals surface area contributed by atoms with E-state index in [0.29, 0.717) is 12.6 Å². The van der Waals surface area contributed by atoms with Gasteiger partial charge in [0.15, 0.2) is 5.60 Å². The van der Waals surface area contributed by atoms with Crippen molar-refractivity contribution in [1.82, 2.24) is 4.90 Å². The zero-order chi connectivity index (χ0) is 17.9. The minimum Gasteiger partial charge on any atom is -0.478 e. The maximum Gasteiger partial charge on any atom is 0.265 e. The Labute approximate surface area is 151 Å². The third-order valence-corrected chi connectivity index (χ3v) is 5.37. The molecule has 1 aromatic carbocycles. The highest BCUT2D eigenvalue weighted by atomic mass is 16.5. The lowest BCUT2D eigenvalue weighted by molar-refractivity contribution is -0.144. The number of ether oxygens (including phenoxy) is 2. The second kappa shape index (κ2) is 7.77. The summed E-state index contributed by atoms with van der Waals surface area (Å²) in [5.41, 5.74) is 1.92. The van der Waals surface area contributed by atoms with Crippen molar-refractivity contribution >= 4 is 5.91 Å². The SMILES string of the molecule is CN(CCC1CCCCO1)C(=O)C(C)(C)Oc1ccc2c(c1)CCC2. The summed E-state index contributed by atoms with van der Waals surface area (Å²) in [6.07, 6.45) is 8.18. The molecule has 1 aliphatic carbocycles. The molecule has 1 amide bonds. The van der Waals surface area contributed by atoms with E-state index in [1.54, 1.807) is 4.90 Å². The Hall–Kier alpha value is -1.55. The second-order valence-electron chi connectivity index (χ2n) is 7.90. The maximum absolute atomic E-state index is 12.8. The maximum atomic E-state index is 12.8. The van der Waals surface area contributed by atoms with Gasteiger partial charge in [-0.1, -0.05) is 6.07 Å². The molecule has 1 saturated heterocycles. The van der Waals surface area contributed by atoms with Gasteiger partial charge >= 0.3 is 0 Å². The van der Waals surface area contributed by atoms with Gasteiger partial charge in [-0.3, -0.25) is 4.79 Å². The molecule has 0 N–H and O–H groups in total. The van der Waals surface area contributed by atoms with Gasteiger partial charge in [0.25, 0.3) is 5.91 Å². The summed E-state index contributed by atoms with van der Waals surface area (Å²) < 4.78 is 11.8. The van der Waals surface area contributed by atoms with Crippen molar-refractivity contribution in [1.29, 1.82) is 0 Å². The molecule has 0 radical (unpaired) electrons. The molecule has 4 heteroatoms. The predicted octanol–water partition coefficient (Wildman–Crippen LogP) is 3.75. The quantitative estimate of drug-likeness (QED) is 0.788. The summed E-state index contributed by atoms with van der Waals surface area (Å²) in [7, 11) is 1.86. The molecule has 4 nitrogen and oxygen atoms in total. The number of carbonyl (C=O) groups excluding carboxylic acids is 1. The topological polar surface area (TPSA) is 38.8 Å². The largest absolute Gasteiger partial charge is 0.478 e. The highest BCUT2D eigenvalue weighted by Gasteiger charge is 2.33. The second-order valence-corrected chi connectivity index (χ2v) is 7.90. The summed E-state index contributed by atoms with van der Waals surface area (Å²) in [4.78, 5) is 14.6. The van der Waals surface area contributed by atoms with Crippen molar-refractivity contribution < 1.29 is 14.3 Å². The van der Waals surface area contributed by atoms with Crippen LogP contribution in [0, 0.1) is 0 Å². The summed E-state index contributed by atoms with van der Waals surface area (Å²) >= 11 is 0. The van der Waals surface area contributed by atoms with E-state index in [1.165, 1.54) is 24.0 Å². The molecule has 3 rings (SSSR count). The molecule has 0 aromatic heterocycles. The monoisotopic (exact) mass is 345 g/mol. The van der Waals surface area contributed by atoms with E-state index in [0.717, 1.165) is 44.5 Å². The molecule has 25 heavy (non-hydrogen) atoms. The first-order chi connectivity index (χ1) is 12.0. The van der Waals surface area contributed by atoms with Crippen LogP contribution in [0.2, 0.25) is 0 Å². The number of aryl methyl sites for hydroxylation is 2. The van der Waals surface area contributed by atoms with E-state index >= 15 is 0 Å². The fraction of sp³-hybridized carbons (Fsp3) is 0.667. The van der Waals surface area contributed by atoms with Gasteiger partial charge in [0, 0.05) is 20.2 Å². The number of benzene rings is 1. The van der Waals surface area contributed by atoms with E-state index in [9.17, 15) is 4.79 Å². The van der Waals surface area contributed by atoms with Crippen molar-refractivity contribution in [2.75, 3.05) is 20.2 Å². The predicted molar refractivity (Wildman–Crippen MR) is 99.0 cm³/mol. The van der Waals surface area contributed by atoms with Crippen LogP contribution in [0.25, 0.3) is 0 Å². The lowest BCUT2D eigenvalue weighted by atomic mass is 10.0. The molecule has 1 fully saturated rings. The Morgan fingerprint density at radius 2 is 2.04 bits per heavy atom. The van der Waals surface area contributed by atoms with Crippen molar-refractivity contribution in [2.24, 2.45) is 0 Å². The van der Waals surface area contributed by atoms with Gasteiger partial charge in [-0.2, -0.15) is 0 Å². The average molecular weight is 345 g/mol. The van der Waals surface area contributed by atoms with E-state index in [2.05, 4.69) is 12.1 Å². The van der Waals surface area contributed by atoms with Gasteiger partial charge in [0.1, 0.15) is 5.75 Å². The van der Waals surface area contributed by atoms with Crippen LogP contribution in [0.3, 0.4) is 0 Å². The van der Waals surface area contributed by atoms with E-state index in [1.807, 2.05) is 27.0 Å². The summed E-state index contributed by atoms with van der Waals surface area (Å²) in [5.74, 6) is 0.812. The van der Waals surface area contributed by atoms with Crippen LogP contribution in [-0.4, -0.2) is 42.7 Å². The molecule has 0 spiro atoms. The normalized spacial score (nSPS) is 20.2. The Bertz CT molecular complexity index is 605. The molecule has 0 bridgehead atoms. The third kappa shape index (κ3) is 4.55. The molecular weight excluding hydrogens is 314 g/mol. The number of amides is 1. The van der Waals surface area contributed by atoms with E-state index in [-0.39, 0.29) is 5.91 Å². The highest BCUT2D eigenvalue weighted by molar-refractivity contribution is 5.84. The van der Waals surface area contributed by atoms with Crippen molar-refractivity contribution in [3.63, 3.8) is 0 Å². The van der Waals surface area contributed by atoms with Gasteiger partial charge in [-0.05, 0) is 82.1 Å². The highest BCUT2D eigenvalue weighted by Crippen LogP contribution is 2.28. The fourth-order valence-corrected chi connectivity index (χ4v) is 3.88. The molecule has 1 unspecified atom stereocenters. The molecule has 1 aromatic rings. The van der Waals surface area contributed by atoms with Gasteiger partial charge in [-0.25, -0.2) is 0 Å². The lowest BCUT2D eigenvalue weighted by Gasteiger charge is -2.31. The first kappa shape index (κ1) is 18.2. The van der Waals surface area contributed by atoms with Crippen molar-refractivity contribution in [3.8, 4) is 5.75 Å². The number of hydrogen-bond donors (Lipinski definition) is 0. The van der Waals surface area contributed by atoms with Crippen LogP contribution in [0.1, 0.15) is 57.1 Å². The number of rotatable bonds is 6. The van der Waals surface area contributed by atoms with Crippen LogP contribution in [0.15, 0.2) is 18.2 Å². The van der Waals surface area contributed by atoms with E-state index in [4.69, 9.17) is 9.47 Å². The fourth-order valence-electron chi connectivity index (χ4n) is 3.88. The van der Waals surface area contributed by atoms with Gasteiger partial charge in [-0.15, -0.1) is 0 Å². The number of carbonyl (C=O) groups is 1. The molecule has 138 valence electrons. The number of nitrogens with zero attached hydrogens (tertiary/aromatic N) is 1. The molecule has 1 heterocycles. The van der Waals surface area contributed by atoms with E-state index < -0.39 is 5.60 Å². The Kier molecular flexibility index (Phi) is 5.67. The number of fused-ring (bicyclic) bond motifs is 1. The Balaban J connectivity index is 1.55. The van der Waals surface area contributed by atoms with Crippen molar-refractivity contribution in [2.45, 2.75) is 70.5 Å². The van der Waals surface area contributed by atoms with Gasteiger partial charge in [0.05, 0.1) is 6.10 Å². The Morgan fingerprint density at radius 3 is 2.80 bits per heavy atom. The van der Waals surface area contributed by atoms with Crippen LogP contribution >= 0.6 is 0 Å². The summed E-state index contributed by atoms with van der Waals surface area (Å²) in [5, 5.41) is 0. The molecular formula is C21H31NO3. The zero-order valence-electron chi connectivity index (χ0n) is 15.8.